The van der Waals surface area contributed by atoms with Gasteiger partial charge in [0.2, 0.25) is 5.91 Å². The lowest BCUT2D eigenvalue weighted by molar-refractivity contribution is -0.144. The van der Waals surface area contributed by atoms with E-state index in [1.165, 1.54) is 30.5 Å². The first kappa shape index (κ1) is 16.1. The topological polar surface area (TPSA) is 26.8 Å². The van der Waals surface area contributed by atoms with Gasteiger partial charge in [0, 0.05) is 45.6 Å². The third kappa shape index (κ3) is 2.86. The fourth-order valence-corrected chi connectivity index (χ4v) is 4.35. The van der Waals surface area contributed by atoms with E-state index in [1.54, 1.807) is 0 Å². The van der Waals surface area contributed by atoms with E-state index in [9.17, 15) is 4.79 Å². The van der Waals surface area contributed by atoms with Crippen molar-refractivity contribution in [3.05, 3.63) is 35.4 Å². The molecule has 0 spiro atoms. The van der Waals surface area contributed by atoms with Crippen molar-refractivity contribution in [1.82, 2.24) is 14.7 Å². The summed E-state index contributed by atoms with van der Waals surface area (Å²) in [4.78, 5) is 20.3. The maximum atomic E-state index is 13.4. The minimum absolute atomic E-state index is 0.328. The number of fused-ring (bicyclic) bond motifs is 1. The van der Waals surface area contributed by atoms with Crippen LogP contribution in [-0.2, 0) is 17.6 Å². The van der Waals surface area contributed by atoms with Crippen molar-refractivity contribution < 1.29 is 4.79 Å². The number of piperazine rings is 1. The van der Waals surface area contributed by atoms with Gasteiger partial charge in [0.15, 0.2) is 0 Å². The van der Waals surface area contributed by atoms with Crippen molar-refractivity contribution >= 4 is 5.91 Å². The van der Waals surface area contributed by atoms with E-state index < -0.39 is 0 Å². The second kappa shape index (κ2) is 6.16. The van der Waals surface area contributed by atoms with Gasteiger partial charge in [-0.25, -0.2) is 0 Å². The van der Waals surface area contributed by atoms with Gasteiger partial charge in [-0.1, -0.05) is 24.3 Å². The SMILES string of the molecule is CN(C)C1(C(=O)N2CCN(CC3CC3)CC2)Cc2ccccc2C1. The average molecular weight is 327 g/mol. The number of likely N-dealkylation sites (N-methyl/N-ethyl adjacent to an activating group) is 1. The number of amides is 1. The summed E-state index contributed by atoms with van der Waals surface area (Å²) in [5, 5.41) is 0. The second-order valence-electron chi connectivity index (χ2n) is 8.08. The second-order valence-corrected chi connectivity index (χ2v) is 8.08. The Morgan fingerprint density at radius 1 is 1.08 bits per heavy atom. The summed E-state index contributed by atoms with van der Waals surface area (Å²) in [7, 11) is 4.13. The van der Waals surface area contributed by atoms with E-state index in [4.69, 9.17) is 0 Å². The Morgan fingerprint density at radius 3 is 2.17 bits per heavy atom. The van der Waals surface area contributed by atoms with Crippen molar-refractivity contribution in [3.8, 4) is 0 Å². The highest BCUT2D eigenvalue weighted by molar-refractivity contribution is 5.88. The summed E-state index contributed by atoms with van der Waals surface area (Å²) >= 11 is 0. The Bertz CT molecular complexity index is 590. The van der Waals surface area contributed by atoms with Gasteiger partial charge in [-0.2, -0.15) is 0 Å². The monoisotopic (exact) mass is 327 g/mol. The molecule has 2 aliphatic carbocycles. The molecular formula is C20H29N3O. The maximum Gasteiger partial charge on any atom is 0.243 e. The molecule has 24 heavy (non-hydrogen) atoms. The summed E-state index contributed by atoms with van der Waals surface area (Å²) in [6.07, 6.45) is 4.50. The molecule has 0 unspecified atom stereocenters. The largest absolute Gasteiger partial charge is 0.339 e. The number of hydrogen-bond donors (Lipinski definition) is 0. The zero-order valence-corrected chi connectivity index (χ0v) is 15.0. The van der Waals surface area contributed by atoms with Crippen molar-refractivity contribution in [2.75, 3.05) is 46.8 Å². The number of carbonyl (C=O) groups is 1. The number of carbonyl (C=O) groups excluding carboxylic acids is 1. The number of hydrogen-bond acceptors (Lipinski definition) is 3. The quantitative estimate of drug-likeness (QED) is 0.841. The molecule has 1 saturated heterocycles. The minimum atomic E-state index is -0.387. The smallest absolute Gasteiger partial charge is 0.243 e. The van der Waals surface area contributed by atoms with Crippen LogP contribution >= 0.6 is 0 Å². The first-order chi connectivity index (χ1) is 11.6. The molecule has 130 valence electrons. The lowest BCUT2D eigenvalue weighted by atomic mass is 9.91. The van der Waals surface area contributed by atoms with Crippen LogP contribution < -0.4 is 0 Å². The van der Waals surface area contributed by atoms with Crippen LogP contribution in [-0.4, -0.2) is 73.0 Å². The predicted octanol–water partition coefficient (Wildman–Crippen LogP) is 1.64. The maximum absolute atomic E-state index is 13.4. The van der Waals surface area contributed by atoms with E-state index in [-0.39, 0.29) is 5.54 Å². The molecule has 0 radical (unpaired) electrons. The summed E-state index contributed by atoms with van der Waals surface area (Å²) in [6, 6.07) is 8.54. The van der Waals surface area contributed by atoms with Crippen LogP contribution in [0.5, 0.6) is 0 Å². The van der Waals surface area contributed by atoms with Crippen molar-refractivity contribution in [2.24, 2.45) is 5.92 Å². The van der Waals surface area contributed by atoms with Crippen molar-refractivity contribution in [3.63, 3.8) is 0 Å². The fraction of sp³-hybridized carbons (Fsp3) is 0.650. The zero-order valence-electron chi connectivity index (χ0n) is 15.0. The first-order valence-electron chi connectivity index (χ1n) is 9.34. The van der Waals surface area contributed by atoms with Crippen LogP contribution in [0.1, 0.15) is 24.0 Å². The van der Waals surface area contributed by atoms with Crippen molar-refractivity contribution in [1.29, 1.82) is 0 Å². The zero-order chi connectivity index (χ0) is 16.7. The molecule has 0 aromatic heterocycles. The Balaban J connectivity index is 1.46. The highest BCUT2D eigenvalue weighted by Crippen LogP contribution is 2.35. The van der Waals surface area contributed by atoms with Gasteiger partial charge in [0.1, 0.15) is 5.54 Å². The highest BCUT2D eigenvalue weighted by atomic mass is 16.2. The molecule has 1 amide bonds. The lowest BCUT2D eigenvalue weighted by Gasteiger charge is -2.42. The van der Waals surface area contributed by atoms with Crippen LogP contribution in [0, 0.1) is 5.92 Å². The van der Waals surface area contributed by atoms with Gasteiger partial charge in [0.05, 0.1) is 0 Å². The van der Waals surface area contributed by atoms with Gasteiger partial charge in [-0.05, 0) is 44.0 Å². The Labute approximate surface area is 145 Å². The van der Waals surface area contributed by atoms with E-state index in [0.717, 1.165) is 44.9 Å². The molecule has 0 bridgehead atoms. The molecular weight excluding hydrogens is 298 g/mol. The van der Waals surface area contributed by atoms with Gasteiger partial charge in [-0.15, -0.1) is 0 Å². The molecule has 1 aromatic carbocycles. The molecule has 1 heterocycles. The van der Waals surface area contributed by atoms with Gasteiger partial charge >= 0.3 is 0 Å². The summed E-state index contributed by atoms with van der Waals surface area (Å²) in [5.41, 5.74) is 2.29. The van der Waals surface area contributed by atoms with E-state index in [1.807, 2.05) is 0 Å². The average Bonchev–Trinajstić information content (AvgIpc) is 3.30. The number of rotatable bonds is 4. The molecule has 4 heteroatoms. The number of benzene rings is 1. The molecule has 4 nitrogen and oxygen atoms in total. The first-order valence-corrected chi connectivity index (χ1v) is 9.34. The van der Waals surface area contributed by atoms with Gasteiger partial charge < -0.3 is 4.90 Å². The van der Waals surface area contributed by atoms with Crippen LogP contribution in [0.3, 0.4) is 0 Å². The molecule has 0 atom stereocenters. The molecule has 3 aliphatic rings. The van der Waals surface area contributed by atoms with Crippen molar-refractivity contribution in [2.45, 2.75) is 31.2 Å². The van der Waals surface area contributed by atoms with E-state index >= 15 is 0 Å². The minimum Gasteiger partial charge on any atom is -0.339 e. The van der Waals surface area contributed by atoms with Crippen LogP contribution in [0.25, 0.3) is 0 Å². The predicted molar refractivity (Wildman–Crippen MR) is 96.0 cm³/mol. The Hall–Kier alpha value is -1.39. The third-order valence-corrected chi connectivity index (χ3v) is 6.21. The summed E-state index contributed by atoms with van der Waals surface area (Å²) < 4.78 is 0. The highest BCUT2D eigenvalue weighted by Gasteiger charge is 2.48. The lowest BCUT2D eigenvalue weighted by Crippen LogP contribution is -2.61. The molecule has 1 saturated carbocycles. The van der Waals surface area contributed by atoms with Crippen LogP contribution in [0.2, 0.25) is 0 Å². The van der Waals surface area contributed by atoms with Crippen LogP contribution in [0.4, 0.5) is 0 Å². The van der Waals surface area contributed by atoms with E-state index in [2.05, 4.69) is 53.1 Å². The fourth-order valence-electron chi connectivity index (χ4n) is 4.35. The normalized spacial score (nSPS) is 23.5. The summed E-state index contributed by atoms with van der Waals surface area (Å²) in [5.74, 6) is 1.26. The molecule has 4 rings (SSSR count). The molecule has 1 aromatic rings. The number of nitrogens with zero attached hydrogens (tertiary/aromatic N) is 3. The summed E-state index contributed by atoms with van der Waals surface area (Å²) in [6.45, 7) is 5.10. The Kier molecular flexibility index (Phi) is 4.13. The molecule has 0 N–H and O–H groups in total. The van der Waals surface area contributed by atoms with Gasteiger partial charge in [0.25, 0.3) is 0 Å². The molecule has 2 fully saturated rings. The van der Waals surface area contributed by atoms with Crippen LogP contribution in [0.15, 0.2) is 24.3 Å². The van der Waals surface area contributed by atoms with E-state index in [0.29, 0.717) is 5.91 Å². The molecule has 1 aliphatic heterocycles. The standard InChI is InChI=1S/C20H29N3O/c1-21(2)20(13-17-5-3-4-6-18(17)14-20)19(24)23-11-9-22(10-12-23)15-16-7-8-16/h3-6,16H,7-15H2,1-2H3. The Morgan fingerprint density at radius 2 is 1.67 bits per heavy atom. The van der Waals surface area contributed by atoms with Gasteiger partial charge in [-0.3, -0.25) is 14.6 Å². The third-order valence-electron chi connectivity index (χ3n) is 6.21.